The summed E-state index contributed by atoms with van der Waals surface area (Å²) in [6.45, 7) is -3.24. The molecule has 2 N–H and O–H groups in total. The van der Waals surface area contributed by atoms with E-state index in [2.05, 4.69) is 19.8 Å². The van der Waals surface area contributed by atoms with Gasteiger partial charge in [0.2, 0.25) is 0 Å². The molecule has 30 heavy (non-hydrogen) atoms. The van der Waals surface area contributed by atoms with Crippen molar-refractivity contribution in [3.8, 4) is 11.3 Å². The molecule has 1 atom stereocenters. The summed E-state index contributed by atoms with van der Waals surface area (Å²) in [6, 6.07) is 1.30. The third-order valence-electron chi connectivity index (χ3n) is 4.48. The summed E-state index contributed by atoms with van der Waals surface area (Å²) < 4.78 is 71.4. The minimum Gasteiger partial charge on any atom is -0.361 e. The van der Waals surface area contributed by atoms with E-state index in [0.29, 0.717) is 0 Å². The summed E-state index contributed by atoms with van der Waals surface area (Å²) >= 11 is 0. The van der Waals surface area contributed by atoms with E-state index in [-0.39, 0.29) is 22.6 Å². The average Bonchev–Trinajstić information content (AvgIpc) is 3.22. The second-order valence-electron chi connectivity index (χ2n) is 6.65. The molecule has 1 aliphatic rings. The van der Waals surface area contributed by atoms with Gasteiger partial charge >= 0.3 is 11.9 Å². The second-order valence-corrected chi connectivity index (χ2v) is 6.65. The van der Waals surface area contributed by atoms with E-state index in [0.717, 1.165) is 11.1 Å². The first-order valence-corrected chi connectivity index (χ1v) is 8.51. The number of nitrogens with zero attached hydrogens (tertiary/aromatic N) is 4. The molecule has 1 saturated heterocycles. The molecule has 0 aliphatic carbocycles. The molecule has 160 valence electrons. The predicted molar refractivity (Wildman–Crippen MR) is 92.6 cm³/mol. The van der Waals surface area contributed by atoms with Gasteiger partial charge < -0.3 is 14.6 Å². The summed E-state index contributed by atoms with van der Waals surface area (Å²) in [6.07, 6.45) is -2.85. The highest BCUT2D eigenvalue weighted by Gasteiger charge is 2.50. The van der Waals surface area contributed by atoms with Crippen molar-refractivity contribution in [1.29, 1.82) is 0 Å². The molecule has 14 heteroatoms. The zero-order valence-electron chi connectivity index (χ0n) is 14.9. The first-order chi connectivity index (χ1) is 14.0. The number of alkyl halides is 5. The minimum absolute atomic E-state index is 0.0379. The highest BCUT2D eigenvalue weighted by molar-refractivity contribution is 5.74. The van der Waals surface area contributed by atoms with Crippen molar-refractivity contribution in [3.63, 3.8) is 0 Å². The normalized spacial score (nSPS) is 19.0. The molecule has 0 aromatic carbocycles. The van der Waals surface area contributed by atoms with Crippen molar-refractivity contribution in [2.24, 2.45) is 0 Å². The van der Waals surface area contributed by atoms with Gasteiger partial charge in [0.25, 0.3) is 11.5 Å². The van der Waals surface area contributed by atoms with Gasteiger partial charge in [0, 0.05) is 18.6 Å². The maximum absolute atomic E-state index is 14.3. The van der Waals surface area contributed by atoms with Gasteiger partial charge in [-0.15, -0.1) is 0 Å². The Kier molecular flexibility index (Phi) is 4.60. The number of fused-ring (bicyclic) bond motifs is 1. The fourth-order valence-corrected chi connectivity index (χ4v) is 3.17. The molecule has 3 aromatic heterocycles. The van der Waals surface area contributed by atoms with Gasteiger partial charge in [-0.3, -0.25) is 9.78 Å². The molecule has 4 heterocycles. The van der Waals surface area contributed by atoms with Gasteiger partial charge in [0.1, 0.15) is 18.4 Å². The molecule has 0 bridgehead atoms. The van der Waals surface area contributed by atoms with Crippen LogP contribution < -0.4 is 16.1 Å². The van der Waals surface area contributed by atoms with E-state index in [4.69, 9.17) is 0 Å². The number of aromatic nitrogens is 5. The van der Waals surface area contributed by atoms with Crippen LogP contribution in [-0.2, 0) is 4.74 Å². The van der Waals surface area contributed by atoms with E-state index < -0.39 is 49.1 Å². The molecule has 0 saturated carbocycles. The lowest BCUT2D eigenvalue weighted by atomic mass is 10.2. The topological polar surface area (TPSA) is 108 Å². The number of ether oxygens (including phenoxy) is 1. The molecule has 1 unspecified atom stereocenters. The Hall–Kier alpha value is -3.29. The van der Waals surface area contributed by atoms with Crippen LogP contribution in [0.3, 0.4) is 0 Å². The molecule has 0 radical (unpaired) electrons. The van der Waals surface area contributed by atoms with Crippen LogP contribution in [0.15, 0.2) is 34.2 Å². The fourth-order valence-electron chi connectivity index (χ4n) is 3.17. The molecular weight excluding hydrogens is 419 g/mol. The number of anilines is 1. The Morgan fingerprint density at radius 1 is 1.30 bits per heavy atom. The van der Waals surface area contributed by atoms with Crippen LogP contribution in [-0.4, -0.2) is 62.5 Å². The Bertz CT molecular complexity index is 1200. The minimum atomic E-state index is -4.74. The van der Waals surface area contributed by atoms with Gasteiger partial charge in [0.05, 0.1) is 24.3 Å². The molecular formula is C16H13F5N6O3. The van der Waals surface area contributed by atoms with E-state index in [9.17, 15) is 31.5 Å². The first kappa shape index (κ1) is 20.0. The monoisotopic (exact) mass is 432 g/mol. The van der Waals surface area contributed by atoms with E-state index >= 15 is 0 Å². The Morgan fingerprint density at radius 3 is 2.77 bits per heavy atom. The van der Waals surface area contributed by atoms with Crippen LogP contribution in [0.2, 0.25) is 0 Å². The Balaban J connectivity index is 1.73. The van der Waals surface area contributed by atoms with Crippen LogP contribution in [0.25, 0.3) is 16.9 Å². The zero-order chi connectivity index (χ0) is 21.7. The summed E-state index contributed by atoms with van der Waals surface area (Å²) in [5, 5.41) is 4.17. The lowest BCUT2D eigenvalue weighted by Crippen LogP contribution is -2.36. The molecule has 0 spiro atoms. The number of hydrogen-bond donors (Lipinski definition) is 2. The van der Waals surface area contributed by atoms with Gasteiger partial charge in [-0.1, -0.05) is 0 Å². The predicted octanol–water partition coefficient (Wildman–Crippen LogP) is 1.18. The summed E-state index contributed by atoms with van der Waals surface area (Å²) in [4.78, 5) is 32.8. The number of nitrogens with one attached hydrogen (secondary N) is 2. The van der Waals surface area contributed by atoms with Crippen LogP contribution in [0, 0.1) is 0 Å². The molecule has 1 fully saturated rings. The maximum Gasteiger partial charge on any atom is 0.411 e. The van der Waals surface area contributed by atoms with E-state index in [1.165, 1.54) is 23.0 Å². The maximum atomic E-state index is 14.3. The third-order valence-corrected chi connectivity index (χ3v) is 4.48. The number of hydrogen-bond acceptors (Lipinski definition) is 6. The zero-order valence-corrected chi connectivity index (χ0v) is 14.9. The summed E-state index contributed by atoms with van der Waals surface area (Å²) in [5.41, 5.74) is -1.22. The van der Waals surface area contributed by atoms with Gasteiger partial charge in [0.15, 0.2) is 5.65 Å². The number of imidazole rings is 1. The van der Waals surface area contributed by atoms with Crippen molar-refractivity contribution in [1.82, 2.24) is 24.6 Å². The second kappa shape index (κ2) is 6.90. The van der Waals surface area contributed by atoms with Crippen LogP contribution in [0.4, 0.5) is 27.6 Å². The van der Waals surface area contributed by atoms with Crippen molar-refractivity contribution >= 4 is 11.3 Å². The van der Waals surface area contributed by atoms with Crippen LogP contribution in [0.5, 0.6) is 0 Å². The van der Waals surface area contributed by atoms with Crippen molar-refractivity contribution in [2.45, 2.75) is 18.2 Å². The number of H-pyrrole nitrogens is 2. The lowest BCUT2D eigenvalue weighted by Gasteiger charge is -2.19. The molecule has 1 aliphatic heterocycles. The van der Waals surface area contributed by atoms with E-state index in [1.54, 1.807) is 0 Å². The Morgan fingerprint density at radius 2 is 2.07 bits per heavy atom. The smallest absolute Gasteiger partial charge is 0.361 e. The fraction of sp³-hybridized carbons (Fsp3) is 0.375. The number of halogens is 5. The SMILES string of the molecule is O=c1[nH]cc(-c2cc(N3CC(OCC(F)(F)F)C(F)(F)C3)c3nccn3n2)c(=O)[nH]1. The van der Waals surface area contributed by atoms with Crippen LogP contribution in [0.1, 0.15) is 0 Å². The highest BCUT2D eigenvalue weighted by Crippen LogP contribution is 2.36. The summed E-state index contributed by atoms with van der Waals surface area (Å²) in [7, 11) is 0. The highest BCUT2D eigenvalue weighted by atomic mass is 19.4. The van der Waals surface area contributed by atoms with Crippen molar-refractivity contribution in [2.75, 3.05) is 24.6 Å². The van der Waals surface area contributed by atoms with Crippen LogP contribution >= 0.6 is 0 Å². The van der Waals surface area contributed by atoms with Gasteiger partial charge in [-0.05, 0) is 6.07 Å². The molecule has 9 nitrogen and oxygen atoms in total. The number of aromatic amines is 2. The standard InChI is InChI=1S/C16H13F5N6O3/c17-15(18)6-26(5-11(15)30-7-16(19,20)21)10-3-9(25-27-2-1-22-12(10)27)8-4-23-14(29)24-13(8)28/h1-4,11H,5-7H2,(H2,23,24,28,29). The quantitative estimate of drug-likeness (QED) is 0.600. The van der Waals surface area contributed by atoms with Gasteiger partial charge in [-0.25, -0.2) is 23.1 Å². The van der Waals surface area contributed by atoms with E-state index in [1.807, 2.05) is 4.98 Å². The average molecular weight is 432 g/mol. The third kappa shape index (κ3) is 3.77. The largest absolute Gasteiger partial charge is 0.411 e. The van der Waals surface area contributed by atoms with Crippen molar-refractivity contribution in [3.05, 3.63) is 45.5 Å². The molecule has 4 rings (SSSR count). The van der Waals surface area contributed by atoms with Gasteiger partial charge in [-0.2, -0.15) is 18.3 Å². The molecule has 0 amide bonds. The van der Waals surface area contributed by atoms with Crippen molar-refractivity contribution < 1.29 is 26.7 Å². The first-order valence-electron chi connectivity index (χ1n) is 8.51. The molecule has 3 aromatic rings. The number of rotatable bonds is 4. The Labute approximate surface area is 163 Å². The summed E-state index contributed by atoms with van der Waals surface area (Å²) in [5.74, 6) is -3.55. The lowest BCUT2D eigenvalue weighted by molar-refractivity contribution is -0.206.